The first-order valence-electron chi connectivity index (χ1n) is 5.49. The van der Waals surface area contributed by atoms with E-state index in [1.165, 1.54) is 13.0 Å². The monoisotopic (exact) mass is 235 g/mol. The average molecular weight is 235 g/mol. The second-order valence-corrected chi connectivity index (χ2v) is 4.79. The zero-order valence-electron chi connectivity index (χ0n) is 10.3. The van der Waals surface area contributed by atoms with Gasteiger partial charge in [-0.3, -0.25) is 0 Å². The number of carbonyl (C=O) groups is 1. The van der Waals surface area contributed by atoms with Crippen LogP contribution in [0.1, 0.15) is 33.6 Å². The number of aliphatic carboxylic acids is 1. The van der Waals surface area contributed by atoms with Crippen LogP contribution in [0.2, 0.25) is 0 Å². The highest BCUT2D eigenvalue weighted by molar-refractivity contribution is 5.87. The average Bonchev–Trinajstić information content (AvgIpc) is 3.05. The molecular formula is C13H17NO3. The zero-order valence-corrected chi connectivity index (χ0v) is 10.3. The van der Waals surface area contributed by atoms with Gasteiger partial charge in [-0.25, -0.2) is 4.79 Å². The maximum absolute atomic E-state index is 10.7. The molecule has 1 aliphatic rings. The van der Waals surface area contributed by atoms with Gasteiger partial charge in [0.15, 0.2) is 0 Å². The number of carboxylic acids is 1. The van der Waals surface area contributed by atoms with Crippen molar-refractivity contribution in [1.29, 1.82) is 5.26 Å². The molecule has 1 saturated carbocycles. The number of hydrogen-bond donors (Lipinski definition) is 2. The van der Waals surface area contributed by atoms with E-state index in [0.29, 0.717) is 18.4 Å². The van der Waals surface area contributed by atoms with E-state index in [1.54, 1.807) is 19.9 Å². The molecule has 0 radical (unpaired) electrons. The quantitative estimate of drug-likeness (QED) is 0.577. The lowest BCUT2D eigenvalue weighted by Gasteiger charge is -2.24. The zero-order chi connectivity index (χ0) is 13.3. The van der Waals surface area contributed by atoms with Crippen LogP contribution in [-0.4, -0.2) is 21.8 Å². The summed E-state index contributed by atoms with van der Waals surface area (Å²) in [6.07, 6.45) is 4.45. The van der Waals surface area contributed by atoms with Crippen molar-refractivity contribution in [2.75, 3.05) is 0 Å². The van der Waals surface area contributed by atoms with E-state index in [0.717, 1.165) is 0 Å². The molecule has 1 atom stereocenters. The number of nitriles is 1. The van der Waals surface area contributed by atoms with Crippen LogP contribution in [0.4, 0.5) is 0 Å². The number of allylic oxidation sites excluding steroid dienone is 2. The molecular weight excluding hydrogens is 218 g/mol. The largest absolute Gasteiger partial charge is 0.478 e. The smallest absolute Gasteiger partial charge is 0.331 e. The third kappa shape index (κ3) is 2.56. The summed E-state index contributed by atoms with van der Waals surface area (Å²) in [6.45, 7) is 4.76. The Balaban J connectivity index is 2.89. The molecule has 0 bridgehead atoms. The van der Waals surface area contributed by atoms with E-state index in [4.69, 9.17) is 10.4 Å². The van der Waals surface area contributed by atoms with Crippen LogP contribution >= 0.6 is 0 Å². The van der Waals surface area contributed by atoms with Crippen molar-refractivity contribution < 1.29 is 15.0 Å². The highest BCUT2D eigenvalue weighted by Gasteiger charge is 2.55. The fourth-order valence-electron chi connectivity index (χ4n) is 1.60. The third-order valence-corrected chi connectivity index (χ3v) is 3.50. The first-order chi connectivity index (χ1) is 7.76. The fourth-order valence-corrected chi connectivity index (χ4v) is 1.60. The van der Waals surface area contributed by atoms with E-state index in [9.17, 15) is 9.90 Å². The maximum Gasteiger partial charge on any atom is 0.331 e. The fraction of sp³-hybridized carbons (Fsp3) is 0.538. The standard InChI is InChI=1S/C13H17NO3/c1-9(10(2)11(15)16)4-5-12(3,17)13(8-14)6-7-13/h4-5,17H,6-7H2,1-3H3,(H,15,16)/b5-4+,10-9-/t12-/m1/s1. The lowest BCUT2D eigenvalue weighted by molar-refractivity contribution is -0.132. The molecule has 1 fully saturated rings. The Morgan fingerprint density at radius 1 is 1.47 bits per heavy atom. The summed E-state index contributed by atoms with van der Waals surface area (Å²) in [6, 6.07) is 2.13. The molecule has 0 spiro atoms. The van der Waals surface area contributed by atoms with Crippen LogP contribution in [0, 0.1) is 16.7 Å². The Labute approximate surface area is 101 Å². The first-order valence-corrected chi connectivity index (χ1v) is 5.49. The third-order valence-electron chi connectivity index (χ3n) is 3.50. The molecule has 0 aromatic heterocycles. The number of aliphatic hydroxyl groups is 1. The van der Waals surface area contributed by atoms with Gasteiger partial charge in [0.25, 0.3) is 0 Å². The minimum absolute atomic E-state index is 0.235. The molecule has 0 aliphatic heterocycles. The molecule has 0 aromatic rings. The number of nitrogens with zero attached hydrogens (tertiary/aromatic N) is 1. The van der Waals surface area contributed by atoms with Crippen molar-refractivity contribution >= 4 is 5.97 Å². The van der Waals surface area contributed by atoms with Crippen molar-refractivity contribution in [3.05, 3.63) is 23.3 Å². The van der Waals surface area contributed by atoms with E-state index in [2.05, 4.69) is 6.07 Å². The summed E-state index contributed by atoms with van der Waals surface area (Å²) < 4.78 is 0. The summed E-state index contributed by atoms with van der Waals surface area (Å²) in [4.78, 5) is 10.7. The van der Waals surface area contributed by atoms with Gasteiger partial charge in [-0.2, -0.15) is 5.26 Å². The lowest BCUT2D eigenvalue weighted by atomic mass is 9.86. The summed E-state index contributed by atoms with van der Waals surface area (Å²) >= 11 is 0. The van der Waals surface area contributed by atoms with Crippen molar-refractivity contribution in [2.45, 2.75) is 39.2 Å². The van der Waals surface area contributed by atoms with Gasteiger partial charge in [0.2, 0.25) is 0 Å². The van der Waals surface area contributed by atoms with Crippen molar-refractivity contribution in [3.63, 3.8) is 0 Å². The molecule has 17 heavy (non-hydrogen) atoms. The van der Waals surface area contributed by atoms with Crippen LogP contribution in [0.5, 0.6) is 0 Å². The second kappa shape index (κ2) is 4.34. The minimum Gasteiger partial charge on any atom is -0.478 e. The van der Waals surface area contributed by atoms with Crippen LogP contribution in [0.15, 0.2) is 23.3 Å². The van der Waals surface area contributed by atoms with Gasteiger partial charge in [-0.1, -0.05) is 12.2 Å². The molecule has 0 amide bonds. The predicted octanol–water partition coefficient (Wildman–Crippen LogP) is 2.02. The molecule has 0 heterocycles. The Hall–Kier alpha value is -1.60. The van der Waals surface area contributed by atoms with Crippen molar-refractivity contribution in [3.8, 4) is 6.07 Å². The molecule has 92 valence electrons. The Bertz CT molecular complexity index is 434. The number of hydrogen-bond acceptors (Lipinski definition) is 3. The second-order valence-electron chi connectivity index (χ2n) is 4.79. The van der Waals surface area contributed by atoms with E-state index in [-0.39, 0.29) is 5.57 Å². The Morgan fingerprint density at radius 3 is 2.35 bits per heavy atom. The van der Waals surface area contributed by atoms with Gasteiger partial charge in [0.1, 0.15) is 0 Å². The predicted molar refractivity (Wildman–Crippen MR) is 63.1 cm³/mol. The molecule has 2 N–H and O–H groups in total. The Kier molecular flexibility index (Phi) is 3.44. The van der Waals surface area contributed by atoms with Crippen LogP contribution in [-0.2, 0) is 4.79 Å². The van der Waals surface area contributed by atoms with Gasteiger partial charge in [-0.05, 0) is 39.2 Å². The van der Waals surface area contributed by atoms with Gasteiger partial charge in [-0.15, -0.1) is 0 Å². The maximum atomic E-state index is 10.7. The highest BCUT2D eigenvalue weighted by atomic mass is 16.4. The van der Waals surface area contributed by atoms with E-state index in [1.807, 2.05) is 0 Å². The normalized spacial score (nSPS) is 22.5. The van der Waals surface area contributed by atoms with Gasteiger partial charge >= 0.3 is 5.97 Å². The van der Waals surface area contributed by atoms with E-state index >= 15 is 0 Å². The topological polar surface area (TPSA) is 81.3 Å². The summed E-state index contributed by atoms with van der Waals surface area (Å²) in [7, 11) is 0. The van der Waals surface area contributed by atoms with Crippen LogP contribution < -0.4 is 0 Å². The Morgan fingerprint density at radius 2 is 2.00 bits per heavy atom. The molecule has 0 aromatic carbocycles. The molecule has 4 nitrogen and oxygen atoms in total. The number of carboxylic acid groups (broad SMARTS) is 1. The SMILES string of the molecule is CC(/C=C/[C@@](C)(O)C1(C#N)CC1)=C(\C)C(=O)O. The van der Waals surface area contributed by atoms with Gasteiger partial charge in [0, 0.05) is 5.57 Å². The summed E-state index contributed by atoms with van der Waals surface area (Å²) in [5.74, 6) is -0.979. The first kappa shape index (κ1) is 13.5. The number of rotatable bonds is 4. The molecule has 4 heteroatoms. The summed E-state index contributed by atoms with van der Waals surface area (Å²) in [5.41, 5.74) is -1.09. The van der Waals surface area contributed by atoms with Gasteiger partial charge in [0.05, 0.1) is 17.1 Å². The molecule has 0 saturated heterocycles. The van der Waals surface area contributed by atoms with Gasteiger partial charge < -0.3 is 10.2 Å². The lowest BCUT2D eigenvalue weighted by Crippen LogP contribution is -2.32. The molecule has 0 unspecified atom stereocenters. The summed E-state index contributed by atoms with van der Waals surface area (Å²) in [5, 5.41) is 28.0. The van der Waals surface area contributed by atoms with Crippen molar-refractivity contribution in [2.24, 2.45) is 5.41 Å². The van der Waals surface area contributed by atoms with Crippen LogP contribution in [0.3, 0.4) is 0 Å². The molecule has 1 rings (SSSR count). The molecule has 1 aliphatic carbocycles. The minimum atomic E-state index is -1.21. The van der Waals surface area contributed by atoms with Crippen LogP contribution in [0.25, 0.3) is 0 Å². The van der Waals surface area contributed by atoms with Crippen molar-refractivity contribution in [1.82, 2.24) is 0 Å². The highest BCUT2D eigenvalue weighted by Crippen LogP contribution is 2.54. The van der Waals surface area contributed by atoms with E-state index < -0.39 is 17.0 Å².